The van der Waals surface area contributed by atoms with E-state index in [-0.39, 0.29) is 5.41 Å². The van der Waals surface area contributed by atoms with Gasteiger partial charge in [0.05, 0.1) is 0 Å². The van der Waals surface area contributed by atoms with Crippen LogP contribution >= 0.6 is 0 Å². The van der Waals surface area contributed by atoms with Gasteiger partial charge in [0.15, 0.2) is 17.5 Å². The topological polar surface area (TPSA) is 38.7 Å². The van der Waals surface area contributed by atoms with E-state index in [0.717, 1.165) is 61.2 Å². The van der Waals surface area contributed by atoms with E-state index in [0.29, 0.717) is 17.5 Å². The molecule has 0 radical (unpaired) electrons. The van der Waals surface area contributed by atoms with Gasteiger partial charge in [0.25, 0.3) is 0 Å². The molecule has 7 aromatic rings. The van der Waals surface area contributed by atoms with E-state index in [9.17, 15) is 4.39 Å². The first-order valence-electron chi connectivity index (χ1n) is 19.0. The molecule has 0 fully saturated rings. The summed E-state index contributed by atoms with van der Waals surface area (Å²) in [5, 5.41) is 0. The van der Waals surface area contributed by atoms with Crippen molar-refractivity contribution in [2.24, 2.45) is 0 Å². The van der Waals surface area contributed by atoms with Gasteiger partial charge in [-0.15, -0.1) is 0 Å². The maximum Gasteiger partial charge on any atom is 0.164 e. The summed E-state index contributed by atoms with van der Waals surface area (Å²) in [5.41, 5.74) is 15.7. The summed E-state index contributed by atoms with van der Waals surface area (Å²) < 4.78 is 14.7. The summed E-state index contributed by atoms with van der Waals surface area (Å²) in [6.07, 6.45) is 4.04. The van der Waals surface area contributed by atoms with Crippen molar-refractivity contribution in [1.29, 1.82) is 0 Å². The van der Waals surface area contributed by atoms with Gasteiger partial charge in [0.2, 0.25) is 0 Å². The number of rotatable bonds is 7. The Morgan fingerprint density at radius 3 is 1.49 bits per heavy atom. The molecule has 0 saturated carbocycles. The summed E-state index contributed by atoms with van der Waals surface area (Å²) in [6, 6.07) is 49.1. The molecule has 0 unspecified atom stereocenters. The van der Waals surface area contributed by atoms with Crippen LogP contribution in [0.3, 0.4) is 0 Å². The zero-order valence-corrected chi connectivity index (χ0v) is 31.9. The van der Waals surface area contributed by atoms with Gasteiger partial charge in [-0.3, -0.25) is 0 Å². The van der Waals surface area contributed by atoms with Crippen molar-refractivity contribution < 1.29 is 4.39 Å². The van der Waals surface area contributed by atoms with Crippen molar-refractivity contribution in [3.63, 3.8) is 0 Å². The number of benzene rings is 6. The second kappa shape index (κ2) is 13.2. The highest BCUT2D eigenvalue weighted by Gasteiger charge is 2.37. The zero-order valence-electron chi connectivity index (χ0n) is 31.9. The van der Waals surface area contributed by atoms with Crippen molar-refractivity contribution in [2.45, 2.75) is 45.4 Å². The summed E-state index contributed by atoms with van der Waals surface area (Å²) in [4.78, 5) is 15.2. The molecule has 0 bridgehead atoms. The van der Waals surface area contributed by atoms with Crippen LogP contribution in [0, 0.1) is 0 Å². The van der Waals surface area contributed by atoms with Gasteiger partial charge in [-0.1, -0.05) is 149 Å². The molecule has 2 aliphatic rings. The van der Waals surface area contributed by atoms with Crippen LogP contribution in [0.25, 0.3) is 73.1 Å². The molecule has 268 valence electrons. The van der Waals surface area contributed by atoms with Gasteiger partial charge >= 0.3 is 0 Å². The molecule has 0 atom stereocenters. The Morgan fingerprint density at radius 1 is 0.455 bits per heavy atom. The molecule has 0 aliphatic heterocycles. The molecule has 0 amide bonds. The van der Waals surface area contributed by atoms with Crippen LogP contribution in [0.4, 0.5) is 4.39 Å². The SMILES string of the molecule is C/C=C\C1=C(CF)C(C)(C)c2cc(-c3cc(-c4ccc5c(c4)C(C)(C)c4ccccc4-5)cc(-c4nc(-c5ccccc5)nc(-c5ccccc5)n4)c3)ccc21. The second-order valence-electron chi connectivity index (χ2n) is 15.7. The average molecular weight is 716 g/mol. The molecule has 0 saturated heterocycles. The molecule has 6 aromatic carbocycles. The van der Waals surface area contributed by atoms with Gasteiger partial charge in [0.1, 0.15) is 6.67 Å². The van der Waals surface area contributed by atoms with Crippen LogP contribution in [0.15, 0.2) is 157 Å². The number of hydrogen-bond donors (Lipinski definition) is 0. The van der Waals surface area contributed by atoms with Crippen LogP contribution in [0.5, 0.6) is 0 Å². The zero-order chi connectivity index (χ0) is 37.9. The van der Waals surface area contributed by atoms with E-state index in [1.54, 1.807) is 0 Å². The minimum atomic E-state index is -0.484. The predicted octanol–water partition coefficient (Wildman–Crippen LogP) is 13.1. The highest BCUT2D eigenvalue weighted by Crippen LogP contribution is 2.51. The third kappa shape index (κ3) is 5.75. The van der Waals surface area contributed by atoms with Crippen LogP contribution in [-0.4, -0.2) is 21.6 Å². The Bertz CT molecular complexity index is 2630. The highest BCUT2D eigenvalue weighted by molar-refractivity contribution is 5.89. The molecule has 1 heterocycles. The number of aromatic nitrogens is 3. The number of hydrogen-bond acceptors (Lipinski definition) is 3. The van der Waals surface area contributed by atoms with Gasteiger partial charge < -0.3 is 0 Å². The number of alkyl halides is 1. The fraction of sp³-hybridized carbons (Fsp3) is 0.157. The van der Waals surface area contributed by atoms with E-state index >= 15 is 0 Å². The largest absolute Gasteiger partial charge is 0.246 e. The van der Waals surface area contributed by atoms with Crippen LogP contribution in [-0.2, 0) is 10.8 Å². The molecular weight excluding hydrogens is 674 g/mol. The predicted molar refractivity (Wildman–Crippen MR) is 225 cm³/mol. The highest BCUT2D eigenvalue weighted by atomic mass is 19.1. The Labute approximate surface area is 323 Å². The first kappa shape index (κ1) is 34.5. The van der Waals surface area contributed by atoms with Crippen molar-refractivity contribution in [3.05, 3.63) is 180 Å². The summed E-state index contributed by atoms with van der Waals surface area (Å²) in [7, 11) is 0. The van der Waals surface area contributed by atoms with Crippen molar-refractivity contribution >= 4 is 5.57 Å². The molecule has 2 aliphatic carbocycles. The van der Waals surface area contributed by atoms with E-state index < -0.39 is 12.1 Å². The first-order chi connectivity index (χ1) is 26.7. The normalized spacial score (nSPS) is 14.9. The van der Waals surface area contributed by atoms with Gasteiger partial charge in [-0.2, -0.15) is 0 Å². The van der Waals surface area contributed by atoms with E-state index in [4.69, 9.17) is 15.0 Å². The number of allylic oxidation sites excluding steroid dienone is 4. The number of halogens is 1. The summed E-state index contributed by atoms with van der Waals surface area (Å²) >= 11 is 0. The van der Waals surface area contributed by atoms with Gasteiger partial charge in [-0.25, -0.2) is 19.3 Å². The smallest absolute Gasteiger partial charge is 0.164 e. The number of fused-ring (bicyclic) bond motifs is 4. The third-order valence-electron chi connectivity index (χ3n) is 11.7. The lowest BCUT2D eigenvalue weighted by atomic mass is 9.80. The van der Waals surface area contributed by atoms with Gasteiger partial charge in [0, 0.05) is 27.5 Å². The molecule has 1 aromatic heterocycles. The van der Waals surface area contributed by atoms with Crippen molar-refractivity contribution in [3.8, 4) is 67.5 Å². The average Bonchev–Trinajstić information content (AvgIpc) is 3.59. The van der Waals surface area contributed by atoms with E-state index in [2.05, 4.69) is 107 Å². The molecule has 0 N–H and O–H groups in total. The molecule has 4 heteroatoms. The monoisotopic (exact) mass is 715 g/mol. The minimum absolute atomic E-state index is 0.136. The van der Waals surface area contributed by atoms with Crippen LogP contribution in [0.1, 0.15) is 56.9 Å². The quantitative estimate of drug-likeness (QED) is 0.165. The van der Waals surface area contributed by atoms with E-state index in [1.165, 1.54) is 22.3 Å². The van der Waals surface area contributed by atoms with E-state index in [1.807, 2.05) is 79.7 Å². The molecular formula is C51H42FN3. The molecule has 55 heavy (non-hydrogen) atoms. The lowest BCUT2D eigenvalue weighted by molar-refractivity contribution is 0.486. The Balaban J connectivity index is 1.26. The van der Waals surface area contributed by atoms with Crippen LogP contribution < -0.4 is 0 Å². The summed E-state index contributed by atoms with van der Waals surface area (Å²) in [6.45, 7) is 10.4. The van der Waals surface area contributed by atoms with Gasteiger partial charge in [-0.05, 0) is 104 Å². The summed E-state index contributed by atoms with van der Waals surface area (Å²) in [5.74, 6) is 1.84. The third-order valence-corrected chi connectivity index (χ3v) is 11.7. The lowest BCUT2D eigenvalue weighted by Gasteiger charge is -2.24. The first-order valence-corrected chi connectivity index (χ1v) is 19.0. The Morgan fingerprint density at radius 2 is 0.927 bits per heavy atom. The van der Waals surface area contributed by atoms with Crippen molar-refractivity contribution in [1.82, 2.24) is 15.0 Å². The van der Waals surface area contributed by atoms with Crippen molar-refractivity contribution in [2.75, 3.05) is 6.67 Å². The second-order valence-corrected chi connectivity index (χ2v) is 15.7. The standard InChI is InChI=1S/C51H42FN3/c1-6-15-39-41-24-22-35(30-45(41)51(4,5)46(39)31-52)37-26-36(34-23-25-42-40-20-13-14-21-43(40)50(2,3)44(42)29-34)27-38(28-37)49-54-47(32-16-9-7-10-17-32)53-48(55-49)33-18-11-8-12-19-33/h6-30H,31H2,1-5H3/b15-6-. The Hall–Kier alpha value is -6.26. The lowest BCUT2D eigenvalue weighted by Crippen LogP contribution is -2.18. The molecule has 0 spiro atoms. The maximum absolute atomic E-state index is 14.7. The number of nitrogens with zero attached hydrogens (tertiary/aromatic N) is 3. The maximum atomic E-state index is 14.7. The molecule has 3 nitrogen and oxygen atoms in total. The minimum Gasteiger partial charge on any atom is -0.246 e. The van der Waals surface area contributed by atoms with Crippen LogP contribution in [0.2, 0.25) is 0 Å². The molecule has 9 rings (SSSR count). The fourth-order valence-electron chi connectivity index (χ4n) is 8.65. The fourth-order valence-corrected chi connectivity index (χ4v) is 8.65. The Kier molecular flexibility index (Phi) is 8.31.